The number of nitrogens with one attached hydrogen (secondary N) is 1. The molecule has 132 valence electrons. The minimum atomic E-state index is 0.154. The van der Waals surface area contributed by atoms with Gasteiger partial charge in [0.25, 0.3) is 0 Å². The summed E-state index contributed by atoms with van der Waals surface area (Å²) in [5, 5.41) is 3.25. The number of imidazole rings is 1. The lowest BCUT2D eigenvalue weighted by Gasteiger charge is -2.34. The fourth-order valence-corrected chi connectivity index (χ4v) is 4.27. The van der Waals surface area contributed by atoms with Gasteiger partial charge in [-0.25, -0.2) is 9.78 Å². The zero-order valence-electron chi connectivity index (χ0n) is 14.6. The Labute approximate surface area is 144 Å². The number of urea groups is 1. The number of carbonyl (C=O) groups is 1. The number of nitrogens with zero attached hydrogens (tertiary/aromatic N) is 3. The van der Waals surface area contributed by atoms with E-state index in [-0.39, 0.29) is 6.03 Å². The highest BCUT2D eigenvalue weighted by molar-refractivity contribution is 5.74. The van der Waals surface area contributed by atoms with Crippen LogP contribution in [0, 0.1) is 5.92 Å². The van der Waals surface area contributed by atoms with Gasteiger partial charge in [-0.2, -0.15) is 0 Å². The standard InChI is InChI=1S/C19H30N4O/c24-19(21-17-4-2-1-3-5-17)22-11-8-16(9-12-22)18-20-10-13-23(18)14-15-6-7-15/h10,13,15-17H,1-9,11-12,14H2,(H,21,24). The zero-order valence-corrected chi connectivity index (χ0v) is 14.6. The predicted octanol–water partition coefficient (Wildman–Crippen LogP) is 3.51. The minimum absolute atomic E-state index is 0.154. The largest absolute Gasteiger partial charge is 0.335 e. The Bertz CT molecular complexity index is 551. The molecular weight excluding hydrogens is 300 g/mol. The van der Waals surface area contributed by atoms with Gasteiger partial charge < -0.3 is 14.8 Å². The van der Waals surface area contributed by atoms with Crippen LogP contribution in [-0.4, -0.2) is 39.6 Å². The Morgan fingerprint density at radius 3 is 2.54 bits per heavy atom. The van der Waals surface area contributed by atoms with Crippen molar-refractivity contribution < 1.29 is 4.79 Å². The van der Waals surface area contributed by atoms with Gasteiger partial charge in [-0.15, -0.1) is 0 Å². The van der Waals surface area contributed by atoms with Gasteiger partial charge in [-0.3, -0.25) is 0 Å². The number of likely N-dealkylation sites (tertiary alicyclic amines) is 1. The molecule has 1 aromatic rings. The molecule has 1 aliphatic heterocycles. The van der Waals surface area contributed by atoms with Crippen LogP contribution >= 0.6 is 0 Å². The van der Waals surface area contributed by atoms with E-state index < -0.39 is 0 Å². The van der Waals surface area contributed by atoms with Crippen molar-refractivity contribution in [2.45, 2.75) is 76.3 Å². The highest BCUT2D eigenvalue weighted by Gasteiger charge is 2.29. The van der Waals surface area contributed by atoms with E-state index in [2.05, 4.69) is 21.1 Å². The maximum absolute atomic E-state index is 12.5. The van der Waals surface area contributed by atoms with Crippen LogP contribution in [0.2, 0.25) is 0 Å². The molecule has 0 unspecified atom stereocenters. The van der Waals surface area contributed by atoms with Crippen LogP contribution in [-0.2, 0) is 6.54 Å². The van der Waals surface area contributed by atoms with E-state index >= 15 is 0 Å². The van der Waals surface area contributed by atoms with Crippen LogP contribution in [0.15, 0.2) is 12.4 Å². The summed E-state index contributed by atoms with van der Waals surface area (Å²) in [7, 11) is 0. The van der Waals surface area contributed by atoms with E-state index in [1.807, 2.05) is 11.1 Å². The van der Waals surface area contributed by atoms with Crippen LogP contribution in [0.3, 0.4) is 0 Å². The van der Waals surface area contributed by atoms with E-state index in [0.29, 0.717) is 12.0 Å². The van der Waals surface area contributed by atoms with Crippen LogP contribution < -0.4 is 5.32 Å². The fourth-order valence-electron chi connectivity index (χ4n) is 4.27. The zero-order chi connectivity index (χ0) is 16.4. The molecule has 2 saturated carbocycles. The third-order valence-electron chi connectivity index (χ3n) is 5.98. The molecule has 2 amide bonds. The predicted molar refractivity (Wildman–Crippen MR) is 93.9 cm³/mol. The van der Waals surface area contributed by atoms with Crippen molar-refractivity contribution >= 4 is 6.03 Å². The lowest BCUT2D eigenvalue weighted by atomic mass is 9.95. The van der Waals surface area contributed by atoms with Gasteiger partial charge in [-0.05, 0) is 44.4 Å². The number of piperidine rings is 1. The van der Waals surface area contributed by atoms with Gasteiger partial charge in [-0.1, -0.05) is 19.3 Å². The van der Waals surface area contributed by atoms with Crippen molar-refractivity contribution in [3.05, 3.63) is 18.2 Å². The second kappa shape index (κ2) is 7.16. The van der Waals surface area contributed by atoms with Gasteiger partial charge in [0.15, 0.2) is 0 Å². The molecule has 1 N–H and O–H groups in total. The average Bonchev–Trinajstić information content (AvgIpc) is 3.31. The highest BCUT2D eigenvalue weighted by atomic mass is 16.2. The van der Waals surface area contributed by atoms with Crippen LogP contribution in [0.5, 0.6) is 0 Å². The van der Waals surface area contributed by atoms with Crippen molar-refractivity contribution in [1.82, 2.24) is 19.8 Å². The van der Waals surface area contributed by atoms with Crippen LogP contribution in [0.1, 0.15) is 69.5 Å². The van der Waals surface area contributed by atoms with Crippen LogP contribution in [0.25, 0.3) is 0 Å². The number of amides is 2. The highest BCUT2D eigenvalue weighted by Crippen LogP contribution is 2.33. The Morgan fingerprint density at radius 2 is 1.83 bits per heavy atom. The van der Waals surface area contributed by atoms with Gasteiger partial charge in [0.1, 0.15) is 5.82 Å². The summed E-state index contributed by atoms with van der Waals surface area (Å²) >= 11 is 0. The van der Waals surface area contributed by atoms with Crippen molar-refractivity contribution in [2.75, 3.05) is 13.1 Å². The Hall–Kier alpha value is -1.52. The normalized spacial score (nSPS) is 23.4. The van der Waals surface area contributed by atoms with Gasteiger partial charge in [0, 0.05) is 44.0 Å². The fraction of sp³-hybridized carbons (Fsp3) is 0.789. The topological polar surface area (TPSA) is 50.2 Å². The minimum Gasteiger partial charge on any atom is -0.335 e. The molecule has 5 nitrogen and oxygen atoms in total. The number of hydrogen-bond acceptors (Lipinski definition) is 2. The molecule has 1 saturated heterocycles. The second-order valence-corrected chi connectivity index (χ2v) is 7.93. The van der Waals surface area contributed by atoms with E-state index in [9.17, 15) is 4.79 Å². The lowest BCUT2D eigenvalue weighted by Crippen LogP contribution is -2.48. The molecule has 24 heavy (non-hydrogen) atoms. The van der Waals surface area contributed by atoms with Crippen LogP contribution in [0.4, 0.5) is 4.79 Å². The van der Waals surface area contributed by atoms with Crippen molar-refractivity contribution in [1.29, 1.82) is 0 Å². The number of carbonyl (C=O) groups excluding carboxylic acids is 1. The van der Waals surface area contributed by atoms with Gasteiger partial charge >= 0.3 is 6.03 Å². The molecule has 0 bridgehead atoms. The van der Waals surface area contributed by atoms with E-state index in [1.54, 1.807) is 0 Å². The summed E-state index contributed by atoms with van der Waals surface area (Å²) in [6.07, 6.45) is 15.1. The first-order chi connectivity index (χ1) is 11.8. The molecular formula is C19H30N4O. The summed E-state index contributed by atoms with van der Waals surface area (Å²) in [6, 6.07) is 0.558. The summed E-state index contributed by atoms with van der Waals surface area (Å²) in [5.74, 6) is 2.63. The smallest absolute Gasteiger partial charge is 0.317 e. The Balaban J connectivity index is 1.28. The number of hydrogen-bond donors (Lipinski definition) is 1. The maximum atomic E-state index is 12.5. The van der Waals surface area contributed by atoms with E-state index in [1.165, 1.54) is 37.9 Å². The molecule has 0 aromatic carbocycles. The summed E-state index contributed by atoms with van der Waals surface area (Å²) < 4.78 is 2.36. The lowest BCUT2D eigenvalue weighted by molar-refractivity contribution is 0.173. The average molecular weight is 330 g/mol. The maximum Gasteiger partial charge on any atom is 0.317 e. The van der Waals surface area contributed by atoms with Crippen molar-refractivity contribution in [2.24, 2.45) is 5.92 Å². The third-order valence-corrected chi connectivity index (χ3v) is 5.98. The van der Waals surface area contributed by atoms with Crippen molar-refractivity contribution in [3.63, 3.8) is 0 Å². The monoisotopic (exact) mass is 330 g/mol. The SMILES string of the molecule is O=C(NC1CCCCC1)N1CCC(c2nccn2CC2CC2)CC1. The molecule has 4 rings (SSSR count). The third kappa shape index (κ3) is 3.76. The van der Waals surface area contributed by atoms with Gasteiger partial charge in [0.2, 0.25) is 0 Å². The van der Waals surface area contributed by atoms with E-state index in [4.69, 9.17) is 0 Å². The molecule has 5 heteroatoms. The first-order valence-corrected chi connectivity index (χ1v) is 9.86. The molecule has 2 heterocycles. The van der Waals surface area contributed by atoms with Crippen molar-refractivity contribution in [3.8, 4) is 0 Å². The summed E-state index contributed by atoms with van der Waals surface area (Å²) in [4.78, 5) is 19.1. The first-order valence-electron chi connectivity index (χ1n) is 9.86. The molecule has 1 aromatic heterocycles. The quantitative estimate of drug-likeness (QED) is 0.918. The summed E-state index contributed by atoms with van der Waals surface area (Å²) in [6.45, 7) is 2.86. The second-order valence-electron chi connectivity index (χ2n) is 7.93. The van der Waals surface area contributed by atoms with E-state index in [0.717, 1.165) is 51.2 Å². The molecule has 0 radical (unpaired) electrons. The molecule has 2 aliphatic carbocycles. The Morgan fingerprint density at radius 1 is 1.08 bits per heavy atom. The molecule has 0 spiro atoms. The molecule has 3 aliphatic rings. The molecule has 3 fully saturated rings. The molecule has 0 atom stereocenters. The first kappa shape index (κ1) is 16.0. The number of aromatic nitrogens is 2. The number of rotatable bonds is 4. The summed E-state index contributed by atoms with van der Waals surface area (Å²) in [5.41, 5.74) is 0. The Kier molecular flexibility index (Phi) is 4.76. The van der Waals surface area contributed by atoms with Gasteiger partial charge in [0.05, 0.1) is 0 Å².